The van der Waals surface area contributed by atoms with Crippen molar-refractivity contribution in [2.45, 2.75) is 13.3 Å². The maximum atomic E-state index is 5.71. The molecular formula is C6H16N4S. The molecule has 0 radical (unpaired) electrons. The van der Waals surface area contributed by atoms with E-state index in [2.05, 4.69) is 23.3 Å². The Kier molecular flexibility index (Phi) is 3.61. The zero-order valence-corrected chi connectivity index (χ0v) is 7.97. The van der Waals surface area contributed by atoms with Gasteiger partial charge in [-0.1, -0.05) is 18.9 Å². The van der Waals surface area contributed by atoms with Crippen molar-refractivity contribution in [3.63, 3.8) is 0 Å². The van der Waals surface area contributed by atoms with Gasteiger partial charge in [0, 0.05) is 5.75 Å². The predicted octanol–water partition coefficient (Wildman–Crippen LogP) is 0.298. The highest BCUT2D eigenvalue weighted by molar-refractivity contribution is 7.96. The fourth-order valence-electron chi connectivity index (χ4n) is 0.962. The third-order valence-electron chi connectivity index (χ3n) is 1.48. The van der Waals surface area contributed by atoms with Crippen LogP contribution in [-0.4, -0.2) is 40.6 Å². The summed E-state index contributed by atoms with van der Waals surface area (Å²) in [4.78, 5) is 2.17. The highest BCUT2D eigenvalue weighted by atomic mass is 32.2. The zero-order chi connectivity index (χ0) is 8.27. The molecule has 0 unspecified atom stereocenters. The van der Waals surface area contributed by atoms with Gasteiger partial charge in [0.05, 0.1) is 13.3 Å². The van der Waals surface area contributed by atoms with Gasteiger partial charge in [0.1, 0.15) is 0 Å². The molecule has 2 N–H and O–H groups in total. The lowest BCUT2D eigenvalue weighted by Crippen LogP contribution is -2.37. The lowest BCUT2D eigenvalue weighted by atomic mass is 10.6. The molecule has 0 bridgehead atoms. The summed E-state index contributed by atoms with van der Waals surface area (Å²) in [5, 5.41) is 1.75. The zero-order valence-electron chi connectivity index (χ0n) is 7.16. The lowest BCUT2D eigenvalue weighted by molar-refractivity contribution is 0.134. The Morgan fingerprint density at radius 3 is 2.64 bits per heavy atom. The van der Waals surface area contributed by atoms with Crippen LogP contribution in [0.15, 0.2) is 0 Å². The lowest BCUT2D eigenvalue weighted by Gasteiger charge is -2.19. The molecule has 1 rings (SSSR count). The molecule has 4 nitrogen and oxygen atoms in total. The van der Waals surface area contributed by atoms with E-state index < -0.39 is 0 Å². The topological polar surface area (TPSA) is 35.7 Å². The summed E-state index contributed by atoms with van der Waals surface area (Å²) < 4.78 is 2.09. The van der Waals surface area contributed by atoms with Crippen molar-refractivity contribution in [3.8, 4) is 0 Å². The first kappa shape index (κ1) is 9.28. The highest BCUT2D eigenvalue weighted by Crippen LogP contribution is 2.17. The molecule has 11 heavy (non-hydrogen) atoms. The van der Waals surface area contributed by atoms with Crippen LogP contribution in [0.5, 0.6) is 0 Å². The molecule has 5 heteroatoms. The van der Waals surface area contributed by atoms with E-state index in [9.17, 15) is 0 Å². The smallest absolute Gasteiger partial charge is 0.0823 e. The molecule has 0 atom stereocenters. The Balaban J connectivity index is 2.23. The number of hydrogen-bond acceptors (Lipinski definition) is 5. The largest absolute Gasteiger partial charge is 0.276 e. The molecule has 0 saturated carbocycles. The average molecular weight is 176 g/mol. The SMILES string of the molecule is CCCSN1CN(C)CN1N. The first-order chi connectivity index (χ1) is 5.24. The molecule has 1 heterocycles. The van der Waals surface area contributed by atoms with Crippen LogP contribution in [0.1, 0.15) is 13.3 Å². The number of hydrogen-bond donors (Lipinski definition) is 1. The standard InChI is InChI=1S/C6H16N4S/c1-3-4-11-10-6-8(2)5-9(10)7/h3-7H2,1-2H3. The van der Waals surface area contributed by atoms with Gasteiger partial charge in [0.15, 0.2) is 0 Å². The van der Waals surface area contributed by atoms with Crippen molar-refractivity contribution in [1.82, 2.24) is 14.4 Å². The van der Waals surface area contributed by atoms with E-state index in [0.29, 0.717) is 0 Å². The summed E-state index contributed by atoms with van der Waals surface area (Å²) in [6, 6.07) is 0. The Labute approximate surface area is 72.4 Å². The molecular weight excluding hydrogens is 160 g/mol. The van der Waals surface area contributed by atoms with Crippen molar-refractivity contribution in [2.24, 2.45) is 5.84 Å². The van der Waals surface area contributed by atoms with Crippen molar-refractivity contribution in [2.75, 3.05) is 26.1 Å². The van der Waals surface area contributed by atoms with Gasteiger partial charge >= 0.3 is 0 Å². The van der Waals surface area contributed by atoms with Gasteiger partial charge in [-0.3, -0.25) is 10.7 Å². The van der Waals surface area contributed by atoms with E-state index >= 15 is 0 Å². The Hall–Kier alpha value is 0.190. The predicted molar refractivity (Wildman–Crippen MR) is 48.1 cm³/mol. The van der Waals surface area contributed by atoms with E-state index in [-0.39, 0.29) is 0 Å². The summed E-state index contributed by atoms with van der Waals surface area (Å²) in [5.74, 6) is 6.85. The average Bonchev–Trinajstić information content (AvgIpc) is 2.26. The van der Waals surface area contributed by atoms with Crippen molar-refractivity contribution >= 4 is 11.9 Å². The van der Waals surface area contributed by atoms with Gasteiger partial charge in [-0.2, -0.15) is 9.53 Å². The van der Waals surface area contributed by atoms with Crippen LogP contribution in [0, 0.1) is 0 Å². The van der Waals surface area contributed by atoms with Gasteiger partial charge in [-0.15, -0.1) is 0 Å². The Morgan fingerprint density at radius 1 is 1.45 bits per heavy atom. The van der Waals surface area contributed by atoms with E-state index in [1.165, 1.54) is 6.42 Å². The van der Waals surface area contributed by atoms with Crippen LogP contribution >= 0.6 is 11.9 Å². The van der Waals surface area contributed by atoms with Crippen molar-refractivity contribution in [1.29, 1.82) is 0 Å². The molecule has 1 fully saturated rings. The minimum atomic E-state index is 0.830. The molecule has 0 aromatic carbocycles. The van der Waals surface area contributed by atoms with Gasteiger partial charge in [-0.25, -0.2) is 0 Å². The first-order valence-corrected chi connectivity index (χ1v) is 4.79. The van der Waals surface area contributed by atoms with Gasteiger partial charge < -0.3 is 0 Å². The number of hydrazine groups is 2. The van der Waals surface area contributed by atoms with Gasteiger partial charge in [0.25, 0.3) is 0 Å². The molecule has 0 aromatic heterocycles. The Bertz CT molecular complexity index is 121. The highest BCUT2D eigenvalue weighted by Gasteiger charge is 2.22. The second-order valence-electron chi connectivity index (χ2n) is 2.76. The van der Waals surface area contributed by atoms with E-state index in [1.807, 2.05) is 0 Å². The molecule has 1 aliphatic rings. The molecule has 0 amide bonds. The summed E-state index contributed by atoms with van der Waals surface area (Å²) in [5.41, 5.74) is 0. The minimum Gasteiger partial charge on any atom is -0.276 e. The monoisotopic (exact) mass is 176 g/mol. The molecule has 1 aliphatic heterocycles. The quantitative estimate of drug-likeness (QED) is 0.494. The second kappa shape index (κ2) is 4.27. The van der Waals surface area contributed by atoms with Crippen molar-refractivity contribution < 1.29 is 0 Å². The van der Waals surface area contributed by atoms with Gasteiger partial charge in [0.2, 0.25) is 0 Å². The summed E-state index contributed by atoms with van der Waals surface area (Å²) in [7, 11) is 2.06. The van der Waals surface area contributed by atoms with Crippen LogP contribution in [0.25, 0.3) is 0 Å². The third-order valence-corrected chi connectivity index (χ3v) is 2.69. The van der Waals surface area contributed by atoms with E-state index in [0.717, 1.165) is 19.1 Å². The summed E-state index contributed by atoms with van der Waals surface area (Å²) >= 11 is 1.79. The van der Waals surface area contributed by atoms with Crippen LogP contribution < -0.4 is 5.84 Å². The van der Waals surface area contributed by atoms with Crippen LogP contribution in [0.3, 0.4) is 0 Å². The minimum absolute atomic E-state index is 0.830. The van der Waals surface area contributed by atoms with E-state index in [4.69, 9.17) is 5.84 Å². The number of rotatable bonds is 3. The summed E-state index contributed by atoms with van der Waals surface area (Å²) in [6.45, 7) is 3.94. The normalized spacial score (nSPS) is 23.2. The molecule has 66 valence electrons. The maximum Gasteiger partial charge on any atom is 0.0823 e. The van der Waals surface area contributed by atoms with Crippen molar-refractivity contribution in [3.05, 3.63) is 0 Å². The van der Waals surface area contributed by atoms with Crippen LogP contribution in [0.2, 0.25) is 0 Å². The molecule has 0 spiro atoms. The van der Waals surface area contributed by atoms with Crippen LogP contribution in [0.4, 0.5) is 0 Å². The third kappa shape index (κ3) is 2.61. The molecule has 0 aromatic rings. The first-order valence-electron chi connectivity index (χ1n) is 3.85. The maximum absolute atomic E-state index is 5.71. The van der Waals surface area contributed by atoms with Crippen LogP contribution in [-0.2, 0) is 0 Å². The van der Waals surface area contributed by atoms with E-state index in [1.54, 1.807) is 17.1 Å². The second-order valence-corrected chi connectivity index (χ2v) is 3.85. The molecule has 1 saturated heterocycles. The molecule has 0 aliphatic carbocycles. The Morgan fingerprint density at radius 2 is 2.18 bits per heavy atom. The number of nitrogens with zero attached hydrogens (tertiary/aromatic N) is 3. The number of nitrogens with two attached hydrogens (primary N) is 1. The van der Waals surface area contributed by atoms with Gasteiger partial charge in [-0.05, 0) is 13.5 Å². The fourth-order valence-corrected chi connectivity index (χ4v) is 1.83. The summed E-state index contributed by atoms with van der Waals surface area (Å²) in [6.07, 6.45) is 1.19. The fraction of sp³-hybridized carbons (Fsp3) is 1.00.